The average molecular weight is 301 g/mol. The molecule has 1 fully saturated rings. The molecule has 2 aliphatic carbocycles. The number of aromatic nitrogens is 1. The number of thiophene rings is 1. The van der Waals surface area contributed by atoms with E-state index in [0.717, 1.165) is 29.6 Å². The Hall–Kier alpha value is -1.62. The molecule has 4 nitrogen and oxygen atoms in total. The first kappa shape index (κ1) is 13.1. The molecule has 110 valence electrons. The monoisotopic (exact) mass is 301 g/mol. The fourth-order valence-electron chi connectivity index (χ4n) is 3.18. The summed E-state index contributed by atoms with van der Waals surface area (Å²) in [7, 11) is 0. The predicted molar refractivity (Wildman–Crippen MR) is 85.7 cm³/mol. The van der Waals surface area contributed by atoms with Gasteiger partial charge in [-0.05, 0) is 49.7 Å². The van der Waals surface area contributed by atoms with Gasteiger partial charge in [0.2, 0.25) is 0 Å². The van der Waals surface area contributed by atoms with Crippen molar-refractivity contribution < 1.29 is 4.79 Å². The van der Waals surface area contributed by atoms with Crippen molar-refractivity contribution >= 4 is 33.1 Å². The summed E-state index contributed by atoms with van der Waals surface area (Å²) in [6, 6.07) is 2.14. The normalized spacial score (nSPS) is 17.7. The molecule has 2 aliphatic rings. The van der Waals surface area contributed by atoms with Crippen molar-refractivity contribution in [2.45, 2.75) is 38.5 Å². The fourth-order valence-corrected chi connectivity index (χ4v) is 4.19. The number of carbonyl (C=O) groups is 1. The lowest BCUT2D eigenvalue weighted by atomic mass is 9.85. The Morgan fingerprint density at radius 3 is 3.00 bits per heavy atom. The Morgan fingerprint density at radius 1 is 1.38 bits per heavy atom. The van der Waals surface area contributed by atoms with Crippen molar-refractivity contribution in [2.75, 3.05) is 12.3 Å². The third-order valence-corrected chi connectivity index (χ3v) is 5.85. The van der Waals surface area contributed by atoms with Gasteiger partial charge in [0, 0.05) is 17.6 Å². The number of anilines is 1. The van der Waals surface area contributed by atoms with Crippen LogP contribution in [-0.2, 0) is 12.8 Å². The highest BCUT2D eigenvalue weighted by atomic mass is 32.1. The lowest BCUT2D eigenvalue weighted by Gasteiger charge is -2.25. The summed E-state index contributed by atoms with van der Waals surface area (Å²) >= 11 is 1.43. The van der Waals surface area contributed by atoms with Crippen molar-refractivity contribution in [3.05, 3.63) is 22.2 Å². The van der Waals surface area contributed by atoms with Crippen LogP contribution in [0, 0.1) is 5.92 Å². The summed E-state index contributed by atoms with van der Waals surface area (Å²) in [5.41, 5.74) is 9.28. The maximum absolute atomic E-state index is 12.3. The zero-order valence-corrected chi connectivity index (χ0v) is 12.8. The highest BCUT2D eigenvalue weighted by molar-refractivity contribution is 7.21. The number of hydrogen-bond acceptors (Lipinski definition) is 4. The highest BCUT2D eigenvalue weighted by Crippen LogP contribution is 2.35. The first-order chi connectivity index (χ1) is 10.2. The third kappa shape index (κ3) is 2.20. The van der Waals surface area contributed by atoms with Crippen LogP contribution in [0.4, 0.5) is 5.69 Å². The maximum atomic E-state index is 12.3. The number of nitrogens with two attached hydrogens (primary N) is 1. The van der Waals surface area contributed by atoms with Crippen LogP contribution in [0.1, 0.15) is 46.6 Å². The third-order valence-electron chi connectivity index (χ3n) is 4.73. The van der Waals surface area contributed by atoms with Gasteiger partial charge in [0.1, 0.15) is 9.71 Å². The number of hydrogen-bond donors (Lipinski definition) is 2. The van der Waals surface area contributed by atoms with E-state index >= 15 is 0 Å². The molecular weight excluding hydrogens is 282 g/mol. The molecule has 1 saturated carbocycles. The van der Waals surface area contributed by atoms with Crippen LogP contribution in [-0.4, -0.2) is 17.4 Å². The van der Waals surface area contributed by atoms with Gasteiger partial charge in [-0.25, -0.2) is 4.98 Å². The van der Waals surface area contributed by atoms with Gasteiger partial charge in [-0.15, -0.1) is 11.3 Å². The van der Waals surface area contributed by atoms with Crippen LogP contribution < -0.4 is 11.1 Å². The number of nitrogens with zero attached hydrogens (tertiary/aromatic N) is 1. The molecule has 2 aromatic rings. The van der Waals surface area contributed by atoms with E-state index in [4.69, 9.17) is 10.7 Å². The second kappa shape index (κ2) is 4.98. The summed E-state index contributed by atoms with van der Waals surface area (Å²) in [5, 5.41) is 3.98. The Labute approximate surface area is 127 Å². The first-order valence-electron chi connectivity index (χ1n) is 7.71. The van der Waals surface area contributed by atoms with Gasteiger partial charge in [0.05, 0.1) is 5.69 Å². The van der Waals surface area contributed by atoms with E-state index in [2.05, 4.69) is 11.4 Å². The SMILES string of the molecule is Nc1c(C(=O)NCC2CCC2)sc2nc3c(cc12)CCC3. The van der Waals surface area contributed by atoms with E-state index in [1.807, 2.05) is 0 Å². The number of nitrogens with one attached hydrogen (secondary N) is 1. The number of amides is 1. The Kier molecular flexibility index (Phi) is 3.10. The van der Waals surface area contributed by atoms with Crippen LogP contribution in [0.3, 0.4) is 0 Å². The maximum Gasteiger partial charge on any atom is 0.263 e. The van der Waals surface area contributed by atoms with Crippen LogP contribution in [0.25, 0.3) is 10.2 Å². The summed E-state index contributed by atoms with van der Waals surface area (Å²) in [5.74, 6) is 0.619. The van der Waals surface area contributed by atoms with E-state index in [-0.39, 0.29) is 5.91 Å². The van der Waals surface area contributed by atoms with Crippen molar-refractivity contribution in [2.24, 2.45) is 5.92 Å². The summed E-state index contributed by atoms with van der Waals surface area (Å²) in [6.07, 6.45) is 7.06. The minimum Gasteiger partial charge on any atom is -0.397 e. The standard InChI is InChI=1S/C16H19N3OS/c17-13-11-7-10-5-2-6-12(10)19-16(11)21-14(13)15(20)18-8-9-3-1-4-9/h7,9H,1-6,8,17H2,(H,18,20). The second-order valence-electron chi connectivity index (χ2n) is 6.15. The Morgan fingerprint density at radius 2 is 2.24 bits per heavy atom. The quantitative estimate of drug-likeness (QED) is 0.916. The molecule has 1 amide bonds. The fraction of sp³-hybridized carbons (Fsp3) is 0.500. The molecule has 0 saturated heterocycles. The molecule has 5 heteroatoms. The molecule has 0 radical (unpaired) electrons. The van der Waals surface area contributed by atoms with Gasteiger partial charge in [-0.3, -0.25) is 4.79 Å². The molecule has 0 atom stereocenters. The number of nitrogen functional groups attached to an aromatic ring is 1. The lowest BCUT2D eigenvalue weighted by molar-refractivity contribution is 0.0944. The van der Waals surface area contributed by atoms with Gasteiger partial charge >= 0.3 is 0 Å². The van der Waals surface area contributed by atoms with E-state index in [9.17, 15) is 4.79 Å². The first-order valence-corrected chi connectivity index (χ1v) is 8.53. The molecule has 2 heterocycles. The lowest BCUT2D eigenvalue weighted by Crippen LogP contribution is -2.32. The van der Waals surface area contributed by atoms with Gasteiger partial charge in [-0.1, -0.05) is 6.42 Å². The number of pyridine rings is 1. The minimum atomic E-state index is -0.0393. The van der Waals surface area contributed by atoms with E-state index < -0.39 is 0 Å². The van der Waals surface area contributed by atoms with Gasteiger partial charge < -0.3 is 11.1 Å². The molecule has 0 spiro atoms. The van der Waals surface area contributed by atoms with Gasteiger partial charge in [-0.2, -0.15) is 0 Å². The number of aryl methyl sites for hydroxylation is 2. The summed E-state index contributed by atoms with van der Waals surface area (Å²) < 4.78 is 0. The molecule has 2 aromatic heterocycles. The summed E-state index contributed by atoms with van der Waals surface area (Å²) in [6.45, 7) is 0.774. The summed E-state index contributed by atoms with van der Waals surface area (Å²) in [4.78, 5) is 18.6. The van der Waals surface area contributed by atoms with Crippen LogP contribution >= 0.6 is 11.3 Å². The predicted octanol–water partition coefficient (Wildman–Crippen LogP) is 2.90. The molecule has 4 rings (SSSR count). The smallest absolute Gasteiger partial charge is 0.263 e. The number of carbonyl (C=O) groups excluding carboxylic acids is 1. The molecule has 0 aliphatic heterocycles. The second-order valence-corrected chi connectivity index (χ2v) is 7.15. The van der Waals surface area contributed by atoms with Crippen molar-refractivity contribution in [1.29, 1.82) is 0 Å². The van der Waals surface area contributed by atoms with Crippen molar-refractivity contribution in [3.63, 3.8) is 0 Å². The molecule has 3 N–H and O–H groups in total. The largest absolute Gasteiger partial charge is 0.397 e. The van der Waals surface area contributed by atoms with Crippen molar-refractivity contribution in [1.82, 2.24) is 10.3 Å². The molecule has 0 aromatic carbocycles. The minimum absolute atomic E-state index is 0.0393. The van der Waals surface area contributed by atoms with E-state index in [1.54, 1.807) is 0 Å². The van der Waals surface area contributed by atoms with Crippen LogP contribution in [0.5, 0.6) is 0 Å². The van der Waals surface area contributed by atoms with E-state index in [0.29, 0.717) is 16.5 Å². The Bertz CT molecular complexity index is 718. The van der Waals surface area contributed by atoms with Crippen molar-refractivity contribution in [3.8, 4) is 0 Å². The molecule has 0 bridgehead atoms. The average Bonchev–Trinajstić information content (AvgIpc) is 2.99. The highest BCUT2D eigenvalue weighted by Gasteiger charge is 2.23. The molecular formula is C16H19N3OS. The van der Waals surface area contributed by atoms with Crippen LogP contribution in [0.2, 0.25) is 0 Å². The molecule has 0 unspecified atom stereocenters. The number of fused-ring (bicyclic) bond motifs is 2. The topological polar surface area (TPSA) is 68.0 Å². The molecule has 21 heavy (non-hydrogen) atoms. The van der Waals surface area contributed by atoms with Gasteiger partial charge in [0.25, 0.3) is 5.91 Å². The van der Waals surface area contributed by atoms with Crippen LogP contribution in [0.15, 0.2) is 6.07 Å². The van der Waals surface area contributed by atoms with Gasteiger partial charge in [0.15, 0.2) is 0 Å². The zero-order valence-electron chi connectivity index (χ0n) is 11.9. The number of rotatable bonds is 3. The van der Waals surface area contributed by atoms with E-state index in [1.165, 1.54) is 48.3 Å². The zero-order chi connectivity index (χ0) is 14.4. The Balaban J connectivity index is 1.62.